The van der Waals surface area contributed by atoms with Gasteiger partial charge in [0.2, 0.25) is 11.8 Å². The normalized spacial score (nSPS) is 25.2. The lowest BCUT2D eigenvalue weighted by atomic mass is 9.93. The van der Waals surface area contributed by atoms with Crippen LogP contribution >= 0.6 is 0 Å². The van der Waals surface area contributed by atoms with E-state index in [1.54, 1.807) is 20.8 Å². The van der Waals surface area contributed by atoms with Crippen LogP contribution in [0.1, 0.15) is 27.2 Å². The Kier molecular flexibility index (Phi) is 4.37. The Hall–Kier alpha value is -1.11. The van der Waals surface area contributed by atoms with E-state index in [0.29, 0.717) is 6.42 Å². The number of carbonyl (C=O) groups is 2. The number of hydrogen-bond acceptors (Lipinski definition) is 4. The van der Waals surface area contributed by atoms with E-state index in [0.717, 1.165) is 0 Å². The van der Waals surface area contributed by atoms with Crippen LogP contribution in [-0.2, 0) is 19.4 Å². The molecule has 2 amide bonds. The summed E-state index contributed by atoms with van der Waals surface area (Å²) in [6.45, 7) is 5.06. The molecule has 0 bridgehead atoms. The molecular formula is C11H20N2O4S. The Balaban J connectivity index is 2.88. The van der Waals surface area contributed by atoms with Crippen molar-refractivity contribution in [3.8, 4) is 0 Å². The van der Waals surface area contributed by atoms with Crippen LogP contribution in [-0.4, -0.2) is 55.3 Å². The zero-order valence-electron chi connectivity index (χ0n) is 11.0. The number of piperazine rings is 1. The number of carbonyl (C=O) groups excluding carboxylic acids is 2. The van der Waals surface area contributed by atoms with E-state index in [2.05, 4.69) is 5.32 Å². The first-order valence-electron chi connectivity index (χ1n) is 6.06. The van der Waals surface area contributed by atoms with E-state index in [4.69, 9.17) is 0 Å². The van der Waals surface area contributed by atoms with Gasteiger partial charge in [-0.2, -0.15) is 0 Å². The van der Waals surface area contributed by atoms with Crippen molar-refractivity contribution in [1.29, 1.82) is 0 Å². The molecule has 1 aliphatic heterocycles. The molecule has 0 aromatic rings. The van der Waals surface area contributed by atoms with E-state index in [9.17, 15) is 18.0 Å². The van der Waals surface area contributed by atoms with Crippen LogP contribution in [0.3, 0.4) is 0 Å². The summed E-state index contributed by atoms with van der Waals surface area (Å²) in [5, 5.41) is 2.53. The molecule has 0 aromatic heterocycles. The highest BCUT2D eigenvalue weighted by atomic mass is 32.2. The Labute approximate surface area is 108 Å². The largest absolute Gasteiger partial charge is 0.345 e. The lowest BCUT2D eigenvalue weighted by molar-refractivity contribution is -0.152. The molecule has 0 aliphatic carbocycles. The van der Waals surface area contributed by atoms with Crippen molar-refractivity contribution >= 4 is 21.7 Å². The molecule has 1 N–H and O–H groups in total. The fourth-order valence-corrected chi connectivity index (χ4v) is 2.69. The Morgan fingerprint density at radius 2 is 1.94 bits per heavy atom. The molecule has 1 saturated heterocycles. The maximum absolute atomic E-state index is 11.8. The molecule has 7 heteroatoms. The molecule has 104 valence electrons. The van der Waals surface area contributed by atoms with E-state index in [1.807, 2.05) is 0 Å². The topological polar surface area (TPSA) is 83.6 Å². The fraction of sp³-hybridized carbons (Fsp3) is 0.818. The summed E-state index contributed by atoms with van der Waals surface area (Å²) < 4.78 is 23.0. The average Bonchev–Trinajstić information content (AvgIpc) is 2.34. The molecular weight excluding hydrogens is 256 g/mol. The van der Waals surface area contributed by atoms with Gasteiger partial charge in [-0.05, 0) is 13.3 Å². The van der Waals surface area contributed by atoms with Gasteiger partial charge in [-0.15, -0.1) is 0 Å². The van der Waals surface area contributed by atoms with Gasteiger partial charge in [0.25, 0.3) is 0 Å². The SMILES string of the molecule is CCC1(C)C(=O)NCC(=O)N1CCS(=O)(=O)CC. The van der Waals surface area contributed by atoms with Crippen LogP contribution in [0.2, 0.25) is 0 Å². The molecule has 6 nitrogen and oxygen atoms in total. The smallest absolute Gasteiger partial charge is 0.246 e. The molecule has 1 aliphatic rings. The molecule has 1 rings (SSSR count). The van der Waals surface area contributed by atoms with Gasteiger partial charge in [0.05, 0.1) is 12.3 Å². The summed E-state index contributed by atoms with van der Waals surface area (Å²) >= 11 is 0. The van der Waals surface area contributed by atoms with Crippen molar-refractivity contribution in [3.63, 3.8) is 0 Å². The van der Waals surface area contributed by atoms with Crippen molar-refractivity contribution < 1.29 is 18.0 Å². The number of hydrogen-bond donors (Lipinski definition) is 1. The van der Waals surface area contributed by atoms with Crippen LogP contribution in [0.15, 0.2) is 0 Å². The number of sulfone groups is 1. The molecule has 1 fully saturated rings. The third-order valence-electron chi connectivity index (χ3n) is 3.54. The van der Waals surface area contributed by atoms with E-state index < -0.39 is 15.4 Å². The highest BCUT2D eigenvalue weighted by molar-refractivity contribution is 7.91. The van der Waals surface area contributed by atoms with Crippen molar-refractivity contribution in [2.75, 3.05) is 24.6 Å². The second kappa shape index (κ2) is 5.26. The zero-order chi connectivity index (χ0) is 14.0. The monoisotopic (exact) mass is 276 g/mol. The molecule has 0 radical (unpaired) electrons. The fourth-order valence-electron chi connectivity index (χ4n) is 1.94. The van der Waals surface area contributed by atoms with Gasteiger partial charge < -0.3 is 10.2 Å². The van der Waals surface area contributed by atoms with Gasteiger partial charge in [0, 0.05) is 12.3 Å². The van der Waals surface area contributed by atoms with Gasteiger partial charge in [0.15, 0.2) is 9.84 Å². The quantitative estimate of drug-likeness (QED) is 0.737. The van der Waals surface area contributed by atoms with Crippen LogP contribution in [0.25, 0.3) is 0 Å². The molecule has 1 heterocycles. The van der Waals surface area contributed by atoms with E-state index in [-0.39, 0.29) is 36.4 Å². The molecule has 0 saturated carbocycles. The predicted octanol–water partition coefficient (Wildman–Crippen LogP) is -0.452. The molecule has 1 atom stereocenters. The summed E-state index contributed by atoms with van der Waals surface area (Å²) in [4.78, 5) is 25.1. The Morgan fingerprint density at radius 1 is 1.33 bits per heavy atom. The van der Waals surface area contributed by atoms with Crippen LogP contribution < -0.4 is 5.32 Å². The van der Waals surface area contributed by atoms with Gasteiger partial charge >= 0.3 is 0 Å². The summed E-state index contributed by atoms with van der Waals surface area (Å²) in [5.41, 5.74) is -0.946. The zero-order valence-corrected chi connectivity index (χ0v) is 11.8. The number of amides is 2. The van der Waals surface area contributed by atoms with Gasteiger partial charge in [-0.1, -0.05) is 13.8 Å². The van der Waals surface area contributed by atoms with Crippen LogP contribution in [0.5, 0.6) is 0 Å². The van der Waals surface area contributed by atoms with Crippen molar-refractivity contribution in [2.24, 2.45) is 0 Å². The summed E-state index contributed by atoms with van der Waals surface area (Å²) in [5.74, 6) is -0.508. The minimum atomic E-state index is -3.14. The second-order valence-electron chi connectivity index (χ2n) is 4.59. The molecule has 18 heavy (non-hydrogen) atoms. The number of rotatable bonds is 5. The first kappa shape index (κ1) is 14.9. The molecule has 0 aromatic carbocycles. The lowest BCUT2D eigenvalue weighted by Crippen LogP contribution is -2.66. The van der Waals surface area contributed by atoms with Crippen molar-refractivity contribution in [1.82, 2.24) is 10.2 Å². The van der Waals surface area contributed by atoms with Crippen molar-refractivity contribution in [3.05, 3.63) is 0 Å². The van der Waals surface area contributed by atoms with Gasteiger partial charge in [0.1, 0.15) is 5.54 Å². The maximum atomic E-state index is 11.8. The first-order chi connectivity index (χ1) is 8.27. The van der Waals surface area contributed by atoms with Gasteiger partial charge in [-0.3, -0.25) is 9.59 Å². The highest BCUT2D eigenvalue weighted by Gasteiger charge is 2.44. The third-order valence-corrected chi connectivity index (χ3v) is 5.22. The highest BCUT2D eigenvalue weighted by Crippen LogP contribution is 2.22. The number of nitrogens with zero attached hydrogens (tertiary/aromatic N) is 1. The molecule has 1 unspecified atom stereocenters. The molecule has 0 spiro atoms. The summed E-state index contributed by atoms with van der Waals surface area (Å²) in [6, 6.07) is 0. The minimum Gasteiger partial charge on any atom is -0.345 e. The Bertz CT molecular complexity index is 446. The van der Waals surface area contributed by atoms with Crippen molar-refractivity contribution in [2.45, 2.75) is 32.7 Å². The predicted molar refractivity (Wildman–Crippen MR) is 67.7 cm³/mol. The van der Waals surface area contributed by atoms with Crippen LogP contribution in [0, 0.1) is 0 Å². The third kappa shape index (κ3) is 2.82. The summed E-state index contributed by atoms with van der Waals surface area (Å²) in [7, 11) is -3.14. The van der Waals surface area contributed by atoms with E-state index in [1.165, 1.54) is 4.90 Å². The first-order valence-corrected chi connectivity index (χ1v) is 7.88. The second-order valence-corrected chi connectivity index (χ2v) is 7.06. The minimum absolute atomic E-state index is 0.0457. The maximum Gasteiger partial charge on any atom is 0.246 e. The van der Waals surface area contributed by atoms with E-state index >= 15 is 0 Å². The average molecular weight is 276 g/mol. The van der Waals surface area contributed by atoms with Gasteiger partial charge in [-0.25, -0.2) is 8.42 Å². The number of nitrogens with one attached hydrogen (secondary N) is 1. The lowest BCUT2D eigenvalue weighted by Gasteiger charge is -2.42. The standard InChI is InChI=1S/C11H20N2O4S/c1-4-11(3)10(15)12-8-9(14)13(11)6-7-18(16,17)5-2/h4-8H2,1-3H3,(H,12,15). The summed E-state index contributed by atoms with van der Waals surface area (Å²) in [6.07, 6.45) is 0.455. The Morgan fingerprint density at radius 3 is 2.44 bits per heavy atom. The van der Waals surface area contributed by atoms with Crippen LogP contribution in [0.4, 0.5) is 0 Å².